The first kappa shape index (κ1) is 8.02. The molecule has 0 spiro atoms. The van der Waals surface area contributed by atoms with Gasteiger partial charge in [0.25, 0.3) is 0 Å². The molecular weight excluding hydrogens is 151 g/mol. The van der Waals surface area contributed by atoms with Crippen LogP contribution in [0.2, 0.25) is 0 Å². The lowest BCUT2D eigenvalue weighted by molar-refractivity contribution is 0.313. The molecule has 1 aliphatic heterocycles. The van der Waals surface area contributed by atoms with Crippen LogP contribution in [-0.4, -0.2) is 7.69 Å². The Kier molecular flexibility index (Phi) is 2.59. The Morgan fingerprint density at radius 2 is 2.17 bits per heavy atom. The summed E-state index contributed by atoms with van der Waals surface area (Å²) in [6, 6.07) is 0. The highest BCUT2D eigenvalue weighted by Gasteiger charge is 2.18. The van der Waals surface area contributed by atoms with E-state index in [4.69, 9.17) is 9.31 Å². The third kappa shape index (κ3) is 1.96. The van der Waals surface area contributed by atoms with Crippen LogP contribution in [0.15, 0.2) is 12.0 Å². The van der Waals surface area contributed by atoms with E-state index < -0.39 is 0 Å². The molecular formula is C9H15BO2. The van der Waals surface area contributed by atoms with E-state index in [2.05, 4.69) is 0 Å². The van der Waals surface area contributed by atoms with Gasteiger partial charge in [0.05, 0.1) is 6.26 Å². The van der Waals surface area contributed by atoms with E-state index in [0.717, 1.165) is 18.1 Å². The molecule has 0 atom stereocenters. The van der Waals surface area contributed by atoms with Crippen LogP contribution in [0.25, 0.3) is 0 Å². The van der Waals surface area contributed by atoms with Crippen LogP contribution < -0.4 is 0 Å². The Morgan fingerprint density at radius 3 is 2.83 bits per heavy atom. The second kappa shape index (κ2) is 3.88. The maximum absolute atomic E-state index is 5.29. The van der Waals surface area contributed by atoms with Crippen LogP contribution in [0, 0.1) is 5.92 Å². The minimum atomic E-state index is 0.433. The Balaban J connectivity index is 1.77. The zero-order valence-corrected chi connectivity index (χ0v) is 7.42. The molecule has 0 aromatic heterocycles. The molecule has 2 rings (SSSR count). The average Bonchev–Trinajstić information content (AvgIpc) is 2.59. The molecule has 66 valence electrons. The van der Waals surface area contributed by atoms with Crippen molar-refractivity contribution in [3.05, 3.63) is 12.0 Å². The number of rotatable bonds is 2. The summed E-state index contributed by atoms with van der Waals surface area (Å²) in [4.78, 5) is 0. The van der Waals surface area contributed by atoms with Crippen molar-refractivity contribution in [1.82, 2.24) is 0 Å². The summed E-state index contributed by atoms with van der Waals surface area (Å²) in [5.41, 5.74) is 0. The smallest absolute Gasteiger partial charge is 0.532 e. The Labute approximate surface area is 74.2 Å². The van der Waals surface area contributed by atoms with Crippen molar-refractivity contribution >= 4 is 7.69 Å². The Morgan fingerprint density at radius 1 is 1.33 bits per heavy atom. The number of hydrogen-bond donors (Lipinski definition) is 0. The van der Waals surface area contributed by atoms with Crippen LogP contribution in [0.4, 0.5) is 0 Å². The summed E-state index contributed by atoms with van der Waals surface area (Å²) >= 11 is 0. The van der Waals surface area contributed by atoms with Crippen molar-refractivity contribution in [2.45, 2.75) is 38.5 Å². The third-order valence-corrected chi connectivity index (χ3v) is 2.74. The van der Waals surface area contributed by atoms with Gasteiger partial charge in [-0.3, -0.25) is 0 Å². The van der Waals surface area contributed by atoms with E-state index in [1.807, 2.05) is 0 Å². The first-order valence-electron chi connectivity index (χ1n) is 4.88. The molecule has 1 heterocycles. The molecule has 0 bridgehead atoms. The quantitative estimate of drug-likeness (QED) is 0.585. The molecule has 1 aliphatic carbocycles. The fourth-order valence-electron chi connectivity index (χ4n) is 2.05. The average molecular weight is 166 g/mol. The summed E-state index contributed by atoms with van der Waals surface area (Å²) < 4.78 is 10.3. The molecule has 3 heteroatoms. The first-order chi connectivity index (χ1) is 5.95. The highest BCUT2D eigenvalue weighted by Crippen LogP contribution is 2.29. The molecule has 2 nitrogen and oxygen atoms in total. The molecule has 0 unspecified atom stereocenters. The van der Waals surface area contributed by atoms with Crippen LogP contribution in [-0.2, 0) is 9.31 Å². The van der Waals surface area contributed by atoms with Gasteiger partial charge in [-0.1, -0.05) is 32.1 Å². The van der Waals surface area contributed by atoms with Crippen LogP contribution >= 0.6 is 0 Å². The Hall–Kier alpha value is -0.595. The summed E-state index contributed by atoms with van der Waals surface area (Å²) in [5, 5.41) is 0. The minimum Gasteiger partial charge on any atom is -0.532 e. The minimum absolute atomic E-state index is 0.433. The Bertz CT molecular complexity index is 173. The first-order valence-corrected chi connectivity index (χ1v) is 4.88. The van der Waals surface area contributed by atoms with Gasteiger partial charge >= 0.3 is 7.69 Å². The van der Waals surface area contributed by atoms with Crippen molar-refractivity contribution in [2.75, 3.05) is 0 Å². The van der Waals surface area contributed by atoms with Crippen molar-refractivity contribution < 1.29 is 9.31 Å². The monoisotopic (exact) mass is 166 g/mol. The zero-order chi connectivity index (χ0) is 8.23. The molecule has 0 radical (unpaired) electrons. The molecule has 0 N–H and O–H groups in total. The molecule has 1 saturated carbocycles. The lowest BCUT2D eigenvalue weighted by Crippen LogP contribution is -2.07. The van der Waals surface area contributed by atoms with Gasteiger partial charge in [0.1, 0.15) is 5.76 Å². The summed E-state index contributed by atoms with van der Waals surface area (Å²) in [7, 11) is 0.433. The highest BCUT2D eigenvalue weighted by atomic mass is 16.6. The van der Waals surface area contributed by atoms with E-state index in [1.54, 1.807) is 6.26 Å². The van der Waals surface area contributed by atoms with E-state index in [0.29, 0.717) is 7.69 Å². The fourth-order valence-corrected chi connectivity index (χ4v) is 2.05. The zero-order valence-electron chi connectivity index (χ0n) is 7.42. The van der Waals surface area contributed by atoms with E-state index >= 15 is 0 Å². The maximum Gasteiger partial charge on any atom is 0.576 e. The predicted octanol–water partition coefficient (Wildman–Crippen LogP) is 2.11. The van der Waals surface area contributed by atoms with Crippen LogP contribution in [0.1, 0.15) is 38.5 Å². The van der Waals surface area contributed by atoms with Gasteiger partial charge in [0.15, 0.2) is 0 Å². The van der Waals surface area contributed by atoms with Gasteiger partial charge < -0.3 is 9.31 Å². The molecule has 0 saturated heterocycles. The van der Waals surface area contributed by atoms with Gasteiger partial charge in [-0.2, -0.15) is 0 Å². The van der Waals surface area contributed by atoms with Crippen LogP contribution in [0.5, 0.6) is 0 Å². The van der Waals surface area contributed by atoms with Gasteiger partial charge in [-0.05, 0) is 5.92 Å². The number of hydrogen-bond acceptors (Lipinski definition) is 2. The van der Waals surface area contributed by atoms with E-state index in [1.165, 1.54) is 32.1 Å². The maximum atomic E-state index is 5.29. The molecule has 0 amide bonds. The normalized spacial score (nSPS) is 23.8. The SMILES string of the molecule is B1OC=C(CC2CCCCC2)O1. The summed E-state index contributed by atoms with van der Waals surface area (Å²) in [5.74, 6) is 1.91. The largest absolute Gasteiger partial charge is 0.576 e. The molecule has 2 aliphatic rings. The van der Waals surface area contributed by atoms with Crippen molar-refractivity contribution in [2.24, 2.45) is 5.92 Å². The number of allylic oxidation sites excluding steroid dienone is 1. The molecule has 0 aromatic carbocycles. The molecule has 12 heavy (non-hydrogen) atoms. The molecule has 1 fully saturated rings. The standard InChI is InChI=1S/C9H15BO2/c1-2-4-8(5-3-1)6-9-7-11-10-12-9/h7-8,10H,1-6H2. The summed E-state index contributed by atoms with van der Waals surface area (Å²) in [6.45, 7) is 0. The lowest BCUT2D eigenvalue weighted by atomic mass is 9.86. The van der Waals surface area contributed by atoms with Crippen molar-refractivity contribution in [3.63, 3.8) is 0 Å². The third-order valence-electron chi connectivity index (χ3n) is 2.74. The molecule has 0 aromatic rings. The summed E-state index contributed by atoms with van der Waals surface area (Å²) in [6.07, 6.45) is 9.85. The second-order valence-corrected chi connectivity index (χ2v) is 3.72. The topological polar surface area (TPSA) is 18.5 Å². The fraction of sp³-hybridized carbons (Fsp3) is 0.778. The van der Waals surface area contributed by atoms with Gasteiger partial charge in [-0.15, -0.1) is 0 Å². The van der Waals surface area contributed by atoms with Gasteiger partial charge in [-0.25, -0.2) is 0 Å². The van der Waals surface area contributed by atoms with Gasteiger partial charge in [0.2, 0.25) is 0 Å². The van der Waals surface area contributed by atoms with Crippen LogP contribution in [0.3, 0.4) is 0 Å². The van der Waals surface area contributed by atoms with Crippen molar-refractivity contribution in [3.8, 4) is 0 Å². The van der Waals surface area contributed by atoms with Gasteiger partial charge in [0, 0.05) is 6.42 Å². The lowest BCUT2D eigenvalue weighted by Gasteiger charge is -2.21. The van der Waals surface area contributed by atoms with E-state index in [9.17, 15) is 0 Å². The highest BCUT2D eigenvalue weighted by molar-refractivity contribution is 6.19. The van der Waals surface area contributed by atoms with Crippen molar-refractivity contribution in [1.29, 1.82) is 0 Å². The van der Waals surface area contributed by atoms with E-state index in [-0.39, 0.29) is 0 Å². The second-order valence-electron chi connectivity index (χ2n) is 3.72. The predicted molar refractivity (Wildman–Crippen MR) is 48.6 cm³/mol.